The number of nitrogens with one attached hydrogen (secondary N) is 2. The van der Waals surface area contributed by atoms with Crippen molar-refractivity contribution in [2.45, 2.75) is 68.1 Å². The summed E-state index contributed by atoms with van der Waals surface area (Å²) < 4.78 is 45.7. The van der Waals surface area contributed by atoms with Gasteiger partial charge in [-0.2, -0.15) is 13.2 Å². The number of alkyl halides is 3. The fraction of sp³-hybridized carbons (Fsp3) is 0.500. The van der Waals surface area contributed by atoms with E-state index in [0.29, 0.717) is 6.04 Å². The van der Waals surface area contributed by atoms with Crippen LogP contribution >= 0.6 is 11.9 Å². The van der Waals surface area contributed by atoms with Crippen LogP contribution in [0.1, 0.15) is 42.4 Å². The molecule has 1 saturated carbocycles. The van der Waals surface area contributed by atoms with Gasteiger partial charge in [0.1, 0.15) is 0 Å². The molecule has 2 aromatic rings. The van der Waals surface area contributed by atoms with Gasteiger partial charge in [0.2, 0.25) is 0 Å². The number of halogens is 3. The molecule has 1 aliphatic heterocycles. The Morgan fingerprint density at radius 3 is 2.25 bits per heavy atom. The molecule has 0 spiro atoms. The zero-order valence-electron chi connectivity index (χ0n) is 23.2. The van der Waals surface area contributed by atoms with E-state index in [4.69, 9.17) is 19.4 Å². The lowest BCUT2D eigenvalue weighted by Gasteiger charge is -2.45. The number of rotatable bonds is 6. The number of aryl methyl sites for hydroxylation is 2. The van der Waals surface area contributed by atoms with E-state index in [1.54, 1.807) is 14.2 Å². The quantitative estimate of drug-likeness (QED) is 0.389. The molecule has 12 heteroatoms. The van der Waals surface area contributed by atoms with Crippen molar-refractivity contribution in [2.75, 3.05) is 27.8 Å². The van der Waals surface area contributed by atoms with Crippen LogP contribution in [0.25, 0.3) is 0 Å². The standard InChI is InChI=1S/C26H35N3O3S.C2HF3O2/c1-17-12-18(2)14-21(13-17)33-28-25(30)27-20-8-9-26(10-11-29(3)24(26)16-20)19-6-7-22(31-4)23(15-19)32-5;3-2(4,5)1(6)7/h6-7,12-15,20,24H,8-11,16H2,1-5H3,(H2,27,28,30);(H,6,7). The molecule has 1 saturated heterocycles. The smallest absolute Gasteiger partial charge is 0.490 e. The predicted octanol–water partition coefficient (Wildman–Crippen LogP) is 5.45. The molecule has 2 aliphatic rings. The minimum absolute atomic E-state index is 0.0802. The minimum Gasteiger partial charge on any atom is -0.493 e. The summed E-state index contributed by atoms with van der Waals surface area (Å²) in [5.74, 6) is -1.22. The second kappa shape index (κ2) is 13.0. The summed E-state index contributed by atoms with van der Waals surface area (Å²) in [7, 11) is 5.56. The summed E-state index contributed by atoms with van der Waals surface area (Å²) >= 11 is 1.37. The maximum absolute atomic E-state index is 12.6. The van der Waals surface area contributed by atoms with Gasteiger partial charge in [0.15, 0.2) is 11.5 Å². The normalized spacial score (nSPS) is 22.4. The molecule has 2 fully saturated rings. The minimum atomic E-state index is -5.08. The average Bonchev–Trinajstić information content (AvgIpc) is 3.23. The fourth-order valence-electron chi connectivity index (χ4n) is 5.71. The molecule has 2 aromatic carbocycles. The van der Waals surface area contributed by atoms with Crippen LogP contribution in [0.3, 0.4) is 0 Å². The molecule has 1 aliphatic carbocycles. The maximum atomic E-state index is 12.6. The average molecular weight is 584 g/mol. The van der Waals surface area contributed by atoms with Gasteiger partial charge in [-0.05, 0) is 106 Å². The first-order valence-electron chi connectivity index (χ1n) is 12.8. The molecule has 8 nitrogen and oxygen atoms in total. The third-order valence-corrected chi connectivity index (χ3v) is 8.28. The second-order valence-corrected chi connectivity index (χ2v) is 11.1. The molecule has 1 heterocycles. The third-order valence-electron chi connectivity index (χ3n) is 7.52. The highest BCUT2D eigenvalue weighted by atomic mass is 32.2. The zero-order chi connectivity index (χ0) is 29.7. The summed E-state index contributed by atoms with van der Waals surface area (Å²) in [4.78, 5) is 25.0. The van der Waals surface area contributed by atoms with E-state index >= 15 is 0 Å². The van der Waals surface area contributed by atoms with E-state index in [1.165, 1.54) is 28.6 Å². The summed E-state index contributed by atoms with van der Waals surface area (Å²) in [6.45, 7) is 5.20. The number of hydrogen-bond acceptors (Lipinski definition) is 6. The van der Waals surface area contributed by atoms with Gasteiger partial charge in [-0.25, -0.2) is 9.59 Å². The molecule has 40 heavy (non-hydrogen) atoms. The number of carboxylic acids is 1. The summed E-state index contributed by atoms with van der Waals surface area (Å²) in [5.41, 5.74) is 3.78. The van der Waals surface area contributed by atoms with E-state index in [2.05, 4.69) is 66.2 Å². The number of carbonyl (C=O) groups is 2. The monoisotopic (exact) mass is 583 g/mol. The van der Waals surface area contributed by atoms with Crippen LogP contribution < -0.4 is 19.5 Å². The molecule has 4 rings (SSSR count). The number of carbonyl (C=O) groups excluding carboxylic acids is 1. The van der Waals surface area contributed by atoms with Crippen LogP contribution in [0.15, 0.2) is 41.3 Å². The Hall–Kier alpha value is -3.12. The first kappa shape index (κ1) is 31.4. The number of hydrogen-bond donors (Lipinski definition) is 3. The van der Waals surface area contributed by atoms with E-state index in [9.17, 15) is 18.0 Å². The molecule has 3 N–H and O–H groups in total. The lowest BCUT2D eigenvalue weighted by atomic mass is 9.65. The summed E-state index contributed by atoms with van der Waals surface area (Å²) in [6.07, 6.45) is -1.04. The number of methoxy groups -OCH3 is 2. The Kier molecular flexibility index (Phi) is 10.2. The van der Waals surface area contributed by atoms with Crippen molar-refractivity contribution >= 4 is 23.9 Å². The van der Waals surface area contributed by atoms with Crippen molar-refractivity contribution in [3.05, 3.63) is 53.1 Å². The highest BCUT2D eigenvalue weighted by Gasteiger charge is 2.50. The van der Waals surface area contributed by atoms with Crippen LogP contribution in [0.2, 0.25) is 0 Å². The first-order chi connectivity index (χ1) is 18.8. The number of likely N-dealkylation sites (tertiary alicyclic amines) is 1. The van der Waals surface area contributed by atoms with Gasteiger partial charge in [-0.3, -0.25) is 4.72 Å². The van der Waals surface area contributed by atoms with Crippen LogP contribution in [0.5, 0.6) is 11.5 Å². The van der Waals surface area contributed by atoms with E-state index in [1.807, 2.05) is 6.07 Å². The van der Waals surface area contributed by atoms with E-state index in [0.717, 1.165) is 48.6 Å². The lowest BCUT2D eigenvalue weighted by Crippen LogP contribution is -2.52. The Morgan fingerprint density at radius 2 is 1.68 bits per heavy atom. The molecule has 3 unspecified atom stereocenters. The zero-order valence-corrected chi connectivity index (χ0v) is 24.0. The van der Waals surface area contributed by atoms with Crippen LogP contribution in [0, 0.1) is 13.8 Å². The molecule has 0 radical (unpaired) electrons. The Balaban J connectivity index is 0.000000559. The molecule has 2 amide bonds. The number of amides is 2. The topological polar surface area (TPSA) is 100 Å². The van der Waals surface area contributed by atoms with Gasteiger partial charge < -0.3 is 24.8 Å². The number of likely N-dealkylation sites (N-methyl/N-ethyl adjacent to an activating group) is 1. The Labute approximate surface area is 236 Å². The van der Waals surface area contributed by atoms with Crippen molar-refractivity contribution in [3.8, 4) is 11.5 Å². The highest BCUT2D eigenvalue weighted by molar-refractivity contribution is 7.98. The van der Waals surface area contributed by atoms with Crippen molar-refractivity contribution in [2.24, 2.45) is 0 Å². The number of carboxylic acid groups (broad SMARTS) is 1. The lowest BCUT2D eigenvalue weighted by molar-refractivity contribution is -0.192. The molecular formula is C28H36F3N3O5S. The Bertz CT molecular complexity index is 1190. The van der Waals surface area contributed by atoms with E-state index < -0.39 is 12.1 Å². The largest absolute Gasteiger partial charge is 0.493 e. The number of nitrogens with zero attached hydrogens (tertiary/aromatic N) is 1. The van der Waals surface area contributed by atoms with Crippen molar-refractivity contribution in [1.29, 1.82) is 0 Å². The van der Waals surface area contributed by atoms with Crippen LogP contribution in [-0.4, -0.2) is 68.1 Å². The number of aliphatic carboxylic acids is 1. The Morgan fingerprint density at radius 1 is 1.05 bits per heavy atom. The number of fused-ring (bicyclic) bond motifs is 1. The summed E-state index contributed by atoms with van der Waals surface area (Å²) in [5, 5.41) is 10.3. The number of benzene rings is 2. The molecule has 3 atom stereocenters. The van der Waals surface area contributed by atoms with Gasteiger partial charge in [0.25, 0.3) is 0 Å². The van der Waals surface area contributed by atoms with Gasteiger partial charge in [-0.15, -0.1) is 0 Å². The fourth-order valence-corrected chi connectivity index (χ4v) is 6.47. The van der Waals surface area contributed by atoms with Gasteiger partial charge in [-0.1, -0.05) is 12.1 Å². The predicted molar refractivity (Wildman–Crippen MR) is 147 cm³/mol. The number of urea groups is 1. The molecule has 0 aromatic heterocycles. The third kappa shape index (κ3) is 7.54. The molecular weight excluding hydrogens is 547 g/mol. The highest BCUT2D eigenvalue weighted by Crippen LogP contribution is 2.49. The SMILES string of the molecule is COc1ccc(C23CCC(NC(=O)NSc4cc(C)cc(C)c4)CC2N(C)CC3)cc1OC.O=C(O)C(F)(F)F. The van der Waals surface area contributed by atoms with Crippen molar-refractivity contribution < 1.29 is 37.3 Å². The van der Waals surface area contributed by atoms with Crippen molar-refractivity contribution in [1.82, 2.24) is 14.9 Å². The van der Waals surface area contributed by atoms with E-state index in [-0.39, 0.29) is 17.5 Å². The van der Waals surface area contributed by atoms with Gasteiger partial charge >= 0.3 is 18.2 Å². The molecule has 0 bridgehead atoms. The molecule has 220 valence electrons. The van der Waals surface area contributed by atoms with Gasteiger partial charge in [0, 0.05) is 22.4 Å². The van der Waals surface area contributed by atoms with Crippen LogP contribution in [-0.2, 0) is 10.2 Å². The summed E-state index contributed by atoms with van der Waals surface area (Å²) in [6, 6.07) is 13.1. The maximum Gasteiger partial charge on any atom is 0.490 e. The van der Waals surface area contributed by atoms with Gasteiger partial charge in [0.05, 0.1) is 14.2 Å². The first-order valence-corrected chi connectivity index (χ1v) is 13.6. The number of ether oxygens (including phenoxy) is 2. The van der Waals surface area contributed by atoms with Crippen molar-refractivity contribution in [3.63, 3.8) is 0 Å². The second-order valence-electron chi connectivity index (χ2n) is 10.2. The van der Waals surface area contributed by atoms with Crippen LogP contribution in [0.4, 0.5) is 18.0 Å².